The molecule has 1 aromatic carbocycles. The van der Waals surface area contributed by atoms with Crippen LogP contribution in [0.3, 0.4) is 0 Å². The fourth-order valence-electron chi connectivity index (χ4n) is 1.60. The van der Waals surface area contributed by atoms with Crippen molar-refractivity contribution in [2.24, 2.45) is 0 Å². The molecule has 0 fully saturated rings. The first-order valence-electron chi connectivity index (χ1n) is 6.41. The molecule has 0 atom stereocenters. The number of hydrogen-bond donors (Lipinski definition) is 1. The minimum absolute atomic E-state index is 0.0131. The van der Waals surface area contributed by atoms with Gasteiger partial charge in [0, 0.05) is 29.4 Å². The molecule has 0 aliphatic carbocycles. The molecule has 0 aliphatic rings. The van der Waals surface area contributed by atoms with Crippen LogP contribution < -0.4 is 5.32 Å². The second-order valence-electron chi connectivity index (χ2n) is 5.50. The summed E-state index contributed by atoms with van der Waals surface area (Å²) in [5, 5.41) is 4.18. The van der Waals surface area contributed by atoms with Crippen LogP contribution in [0.25, 0.3) is 0 Å². The quantitative estimate of drug-likeness (QED) is 0.933. The Hall–Kier alpha value is -1.46. The topological polar surface area (TPSA) is 37.8 Å². The summed E-state index contributed by atoms with van der Waals surface area (Å²) in [7, 11) is 0. The molecule has 0 aliphatic heterocycles. The van der Waals surface area contributed by atoms with E-state index in [9.17, 15) is 4.39 Å². The smallest absolute Gasteiger partial charge is 0.123 e. The van der Waals surface area contributed by atoms with Crippen molar-refractivity contribution >= 4 is 11.8 Å². The van der Waals surface area contributed by atoms with E-state index in [1.165, 1.54) is 17.8 Å². The van der Waals surface area contributed by atoms with Crippen LogP contribution in [0.2, 0.25) is 0 Å². The Balaban J connectivity index is 2.19. The van der Waals surface area contributed by atoms with E-state index in [0.717, 1.165) is 15.5 Å². The maximum absolute atomic E-state index is 13.4. The normalized spacial score (nSPS) is 11.6. The number of nitrogens with one attached hydrogen (secondary N) is 1. The zero-order chi connectivity index (χ0) is 14.6. The number of benzene rings is 1. The number of aromatic nitrogens is 2. The van der Waals surface area contributed by atoms with E-state index in [1.54, 1.807) is 30.7 Å². The van der Waals surface area contributed by atoms with Crippen LogP contribution in [0.5, 0.6) is 0 Å². The number of hydrogen-bond acceptors (Lipinski definition) is 4. The van der Waals surface area contributed by atoms with Gasteiger partial charge in [-0.15, -0.1) is 0 Å². The molecule has 106 valence electrons. The van der Waals surface area contributed by atoms with Gasteiger partial charge in [0.05, 0.1) is 6.20 Å². The first-order chi connectivity index (χ1) is 9.44. The maximum atomic E-state index is 13.4. The second-order valence-corrected chi connectivity index (χ2v) is 6.56. The number of rotatable bonds is 4. The summed E-state index contributed by atoms with van der Waals surface area (Å²) >= 11 is 1.49. The van der Waals surface area contributed by atoms with Crippen LogP contribution in [0.15, 0.2) is 46.7 Å². The van der Waals surface area contributed by atoms with Crippen molar-refractivity contribution in [3.8, 4) is 0 Å². The molecule has 0 saturated heterocycles. The molecule has 3 nitrogen and oxygen atoms in total. The largest absolute Gasteiger partial charge is 0.308 e. The van der Waals surface area contributed by atoms with Crippen molar-refractivity contribution in [1.29, 1.82) is 0 Å². The molecule has 1 aromatic heterocycles. The van der Waals surface area contributed by atoms with E-state index in [1.807, 2.05) is 0 Å². The molecule has 5 heteroatoms. The minimum atomic E-state index is -0.223. The van der Waals surface area contributed by atoms with Gasteiger partial charge in [0.25, 0.3) is 0 Å². The lowest BCUT2D eigenvalue weighted by Gasteiger charge is -2.21. The summed E-state index contributed by atoms with van der Waals surface area (Å²) in [6, 6.07) is 4.82. The lowest BCUT2D eigenvalue weighted by atomic mass is 10.1. The third kappa shape index (κ3) is 4.58. The van der Waals surface area contributed by atoms with Gasteiger partial charge in [-0.05, 0) is 44.5 Å². The Bertz CT molecular complexity index is 567. The van der Waals surface area contributed by atoms with Gasteiger partial charge < -0.3 is 5.32 Å². The van der Waals surface area contributed by atoms with Crippen LogP contribution >= 0.6 is 11.8 Å². The number of halogens is 1. The highest BCUT2D eigenvalue weighted by molar-refractivity contribution is 7.99. The van der Waals surface area contributed by atoms with E-state index >= 15 is 0 Å². The summed E-state index contributed by atoms with van der Waals surface area (Å²) in [5.41, 5.74) is 0.913. The fraction of sp³-hybridized carbons (Fsp3) is 0.333. The monoisotopic (exact) mass is 291 g/mol. The lowest BCUT2D eigenvalue weighted by Crippen LogP contribution is -2.35. The molecule has 0 bridgehead atoms. The average Bonchev–Trinajstić information content (AvgIpc) is 2.39. The van der Waals surface area contributed by atoms with Gasteiger partial charge in [-0.25, -0.2) is 9.37 Å². The van der Waals surface area contributed by atoms with E-state index in [2.05, 4.69) is 36.1 Å². The molecule has 2 rings (SSSR count). The highest BCUT2D eigenvalue weighted by atomic mass is 32.2. The van der Waals surface area contributed by atoms with Crippen molar-refractivity contribution in [2.75, 3.05) is 0 Å². The van der Waals surface area contributed by atoms with E-state index in [4.69, 9.17) is 0 Å². The molecule has 20 heavy (non-hydrogen) atoms. The van der Waals surface area contributed by atoms with Crippen molar-refractivity contribution in [3.05, 3.63) is 48.2 Å². The molecule has 0 unspecified atom stereocenters. The molecular weight excluding hydrogens is 273 g/mol. The lowest BCUT2D eigenvalue weighted by molar-refractivity contribution is 0.422. The standard InChI is InChI=1S/C15H18FN3S/c1-15(2,3)19-9-11-8-12(16)4-5-13(11)20-14-10-17-6-7-18-14/h4-8,10,19H,9H2,1-3H3. The summed E-state index contributed by atoms with van der Waals surface area (Å²) in [4.78, 5) is 9.26. The first-order valence-corrected chi connectivity index (χ1v) is 7.23. The Morgan fingerprint density at radius 1 is 1.25 bits per heavy atom. The Kier molecular flexibility index (Phi) is 4.73. The van der Waals surface area contributed by atoms with E-state index < -0.39 is 0 Å². The van der Waals surface area contributed by atoms with Gasteiger partial charge in [0.2, 0.25) is 0 Å². The fourth-order valence-corrected chi connectivity index (χ4v) is 2.45. The predicted octanol–water partition coefficient (Wildman–Crippen LogP) is 3.66. The molecule has 2 aromatic rings. The van der Waals surface area contributed by atoms with Crippen LogP contribution in [0.1, 0.15) is 26.3 Å². The maximum Gasteiger partial charge on any atom is 0.123 e. The Morgan fingerprint density at radius 2 is 2.05 bits per heavy atom. The average molecular weight is 291 g/mol. The highest BCUT2D eigenvalue weighted by Crippen LogP contribution is 2.29. The molecular formula is C15H18FN3S. The molecule has 0 radical (unpaired) electrons. The Labute approximate surface area is 123 Å². The van der Waals surface area contributed by atoms with Crippen LogP contribution in [0.4, 0.5) is 4.39 Å². The van der Waals surface area contributed by atoms with Crippen molar-refractivity contribution < 1.29 is 4.39 Å². The molecule has 0 spiro atoms. The molecule has 1 heterocycles. The predicted molar refractivity (Wildman–Crippen MR) is 79.1 cm³/mol. The third-order valence-corrected chi connectivity index (χ3v) is 3.62. The van der Waals surface area contributed by atoms with E-state index in [0.29, 0.717) is 6.54 Å². The first kappa shape index (κ1) is 14.9. The second kappa shape index (κ2) is 6.33. The molecule has 0 saturated carbocycles. The van der Waals surface area contributed by atoms with Gasteiger partial charge >= 0.3 is 0 Å². The van der Waals surface area contributed by atoms with Crippen molar-refractivity contribution in [1.82, 2.24) is 15.3 Å². The highest BCUT2D eigenvalue weighted by Gasteiger charge is 2.12. The van der Waals surface area contributed by atoms with Gasteiger partial charge in [0.1, 0.15) is 10.8 Å². The SMILES string of the molecule is CC(C)(C)NCc1cc(F)ccc1Sc1cnccn1. The van der Waals surface area contributed by atoms with Crippen LogP contribution in [-0.2, 0) is 6.54 Å². The van der Waals surface area contributed by atoms with Gasteiger partial charge in [0.15, 0.2) is 0 Å². The summed E-state index contributed by atoms with van der Waals surface area (Å²) in [6.45, 7) is 6.87. The summed E-state index contributed by atoms with van der Waals surface area (Å²) in [5.74, 6) is -0.223. The van der Waals surface area contributed by atoms with Gasteiger partial charge in [-0.2, -0.15) is 0 Å². The van der Waals surface area contributed by atoms with E-state index in [-0.39, 0.29) is 11.4 Å². The zero-order valence-corrected chi connectivity index (χ0v) is 12.7. The van der Waals surface area contributed by atoms with Gasteiger partial charge in [-0.1, -0.05) is 11.8 Å². The summed E-state index contributed by atoms with van der Waals surface area (Å²) in [6.07, 6.45) is 4.99. The molecule has 0 amide bonds. The van der Waals surface area contributed by atoms with Gasteiger partial charge in [-0.3, -0.25) is 4.98 Å². The minimum Gasteiger partial charge on any atom is -0.308 e. The number of nitrogens with zero attached hydrogens (tertiary/aromatic N) is 2. The van der Waals surface area contributed by atoms with Crippen LogP contribution in [-0.4, -0.2) is 15.5 Å². The Morgan fingerprint density at radius 3 is 2.70 bits per heavy atom. The zero-order valence-electron chi connectivity index (χ0n) is 11.9. The van der Waals surface area contributed by atoms with Crippen LogP contribution in [0, 0.1) is 5.82 Å². The summed E-state index contributed by atoms with van der Waals surface area (Å²) < 4.78 is 13.4. The molecule has 1 N–H and O–H groups in total. The van der Waals surface area contributed by atoms with Crippen molar-refractivity contribution in [3.63, 3.8) is 0 Å². The van der Waals surface area contributed by atoms with Crippen molar-refractivity contribution in [2.45, 2.75) is 42.8 Å². The third-order valence-electron chi connectivity index (χ3n) is 2.59.